The molecule has 2 heterocycles. The highest BCUT2D eigenvalue weighted by atomic mass is 16.1. The maximum Gasteiger partial charge on any atom is 0.156 e. The molecule has 3 unspecified atom stereocenters. The van der Waals surface area contributed by atoms with Crippen molar-refractivity contribution >= 4 is 5.78 Å². The third kappa shape index (κ3) is 1.48. The second-order valence-corrected chi connectivity index (χ2v) is 5.45. The van der Waals surface area contributed by atoms with Crippen LogP contribution >= 0.6 is 0 Å². The quantitative estimate of drug-likeness (QED) is 0.659. The van der Waals surface area contributed by atoms with Gasteiger partial charge in [-0.3, -0.25) is 9.69 Å². The first-order chi connectivity index (χ1) is 6.45. The van der Waals surface area contributed by atoms with E-state index in [2.05, 4.69) is 17.1 Å². The number of nitrogens with one attached hydrogen (secondary N) is 1. The highest BCUT2D eigenvalue weighted by Crippen LogP contribution is 2.33. The zero-order valence-electron chi connectivity index (χ0n) is 9.50. The Morgan fingerprint density at radius 1 is 1.50 bits per heavy atom. The lowest BCUT2D eigenvalue weighted by molar-refractivity contribution is -0.131. The Morgan fingerprint density at radius 2 is 2.14 bits per heavy atom. The van der Waals surface area contributed by atoms with Crippen molar-refractivity contribution in [2.45, 2.75) is 45.8 Å². The van der Waals surface area contributed by atoms with Gasteiger partial charge >= 0.3 is 0 Å². The van der Waals surface area contributed by atoms with Crippen LogP contribution in [-0.2, 0) is 4.79 Å². The Bertz CT molecular complexity index is 257. The van der Waals surface area contributed by atoms with Crippen molar-refractivity contribution in [2.75, 3.05) is 13.1 Å². The molecule has 0 aliphatic carbocycles. The van der Waals surface area contributed by atoms with Gasteiger partial charge in [-0.05, 0) is 6.54 Å². The van der Waals surface area contributed by atoms with Gasteiger partial charge in [0.15, 0.2) is 5.78 Å². The smallest absolute Gasteiger partial charge is 0.156 e. The van der Waals surface area contributed by atoms with E-state index in [1.54, 1.807) is 0 Å². The van der Waals surface area contributed by atoms with E-state index in [1.807, 2.05) is 20.8 Å². The van der Waals surface area contributed by atoms with Crippen LogP contribution in [0.5, 0.6) is 0 Å². The molecule has 3 heteroatoms. The highest BCUT2D eigenvalue weighted by Gasteiger charge is 2.55. The molecule has 0 aromatic rings. The van der Waals surface area contributed by atoms with E-state index in [1.165, 1.54) is 0 Å². The summed E-state index contributed by atoms with van der Waals surface area (Å²) >= 11 is 0. The van der Waals surface area contributed by atoms with Gasteiger partial charge in [-0.1, -0.05) is 27.7 Å². The number of carbonyl (C=O) groups excluding carboxylic acids is 1. The van der Waals surface area contributed by atoms with Crippen molar-refractivity contribution in [2.24, 2.45) is 5.41 Å². The van der Waals surface area contributed by atoms with Gasteiger partial charge in [0.05, 0.1) is 6.04 Å². The molecule has 0 saturated carbocycles. The van der Waals surface area contributed by atoms with Gasteiger partial charge in [-0.25, -0.2) is 0 Å². The van der Waals surface area contributed by atoms with Gasteiger partial charge in [-0.2, -0.15) is 0 Å². The lowest BCUT2D eigenvalue weighted by atomic mass is 9.85. The summed E-state index contributed by atoms with van der Waals surface area (Å²) in [5.74, 6) is 0.386. The number of ketones is 1. The highest BCUT2D eigenvalue weighted by molar-refractivity contribution is 5.90. The molecule has 2 rings (SSSR count). The maximum atomic E-state index is 12.2. The molecular formula is C11H20N2O. The van der Waals surface area contributed by atoms with E-state index in [0.717, 1.165) is 13.1 Å². The fourth-order valence-electron chi connectivity index (χ4n) is 2.36. The van der Waals surface area contributed by atoms with Crippen LogP contribution in [0.3, 0.4) is 0 Å². The van der Waals surface area contributed by atoms with Crippen LogP contribution in [0.15, 0.2) is 0 Å². The third-order valence-corrected chi connectivity index (χ3v) is 3.31. The summed E-state index contributed by atoms with van der Waals surface area (Å²) < 4.78 is 0. The number of piperazine rings is 1. The Morgan fingerprint density at radius 3 is 2.64 bits per heavy atom. The molecule has 0 amide bonds. The molecule has 3 nitrogen and oxygen atoms in total. The molecule has 2 saturated heterocycles. The number of nitrogens with zero attached hydrogens (tertiary/aromatic N) is 1. The fourth-order valence-corrected chi connectivity index (χ4v) is 2.36. The molecule has 80 valence electrons. The van der Waals surface area contributed by atoms with E-state index in [0.29, 0.717) is 17.9 Å². The maximum absolute atomic E-state index is 12.2. The average Bonchev–Trinajstić information content (AvgIpc) is 2.75. The van der Waals surface area contributed by atoms with Crippen molar-refractivity contribution in [3.63, 3.8) is 0 Å². The molecule has 0 aromatic carbocycles. The van der Waals surface area contributed by atoms with Gasteiger partial charge in [0.2, 0.25) is 0 Å². The van der Waals surface area contributed by atoms with E-state index in [9.17, 15) is 4.79 Å². The topological polar surface area (TPSA) is 42.2 Å². The van der Waals surface area contributed by atoms with Crippen LogP contribution in [-0.4, -0.2) is 41.9 Å². The largest absolute Gasteiger partial charge is 0.305 e. The summed E-state index contributed by atoms with van der Waals surface area (Å²) in [5.41, 5.74) is -0.211. The van der Waals surface area contributed by atoms with Gasteiger partial charge in [0, 0.05) is 24.0 Å². The van der Waals surface area contributed by atoms with Crippen molar-refractivity contribution in [3.05, 3.63) is 0 Å². The Hall–Kier alpha value is -0.410. The first-order valence-corrected chi connectivity index (χ1v) is 5.49. The Kier molecular flexibility index (Phi) is 2.20. The molecule has 14 heavy (non-hydrogen) atoms. The number of likely N-dealkylation sites (N-methyl/N-ethyl adjacent to an activating group) is 1. The molecule has 0 aromatic heterocycles. The summed E-state index contributed by atoms with van der Waals surface area (Å²) in [4.78, 5) is 14.5. The van der Waals surface area contributed by atoms with Crippen LogP contribution in [0.25, 0.3) is 0 Å². The normalized spacial score (nSPS) is 37.0. The number of rotatable bonds is 2. The number of likely N-dealkylation sites (tertiary alicyclic amines) is 1. The summed E-state index contributed by atoms with van der Waals surface area (Å²) in [6, 6.07) is 1.16. The third-order valence-electron chi connectivity index (χ3n) is 3.31. The summed E-state index contributed by atoms with van der Waals surface area (Å²) in [7, 11) is 0. The van der Waals surface area contributed by atoms with Crippen LogP contribution in [0, 0.1) is 5.41 Å². The first kappa shape index (κ1) is 10.1. The molecule has 0 spiro atoms. The summed E-state index contributed by atoms with van der Waals surface area (Å²) in [6.45, 7) is 10.2. The zero-order valence-corrected chi connectivity index (χ0v) is 9.50. The second-order valence-electron chi connectivity index (χ2n) is 5.45. The minimum Gasteiger partial charge on any atom is -0.305 e. The second kappa shape index (κ2) is 3.04. The number of fused-ring (bicyclic) bond motifs is 1. The van der Waals surface area contributed by atoms with Crippen LogP contribution in [0.4, 0.5) is 0 Å². The van der Waals surface area contributed by atoms with E-state index in [4.69, 9.17) is 0 Å². The van der Waals surface area contributed by atoms with Crippen molar-refractivity contribution in [1.29, 1.82) is 0 Å². The Balaban J connectivity index is 2.12. The number of carbonyl (C=O) groups is 1. The molecule has 3 atom stereocenters. The predicted octanol–water partition coefficient (Wildman–Crippen LogP) is 0.646. The molecule has 1 N–H and O–H groups in total. The summed E-state index contributed by atoms with van der Waals surface area (Å²) in [6.07, 6.45) is 0. The molecule has 2 fully saturated rings. The van der Waals surface area contributed by atoms with E-state index >= 15 is 0 Å². The standard InChI is InChI=1S/C11H20N2O/c1-5-13-6-7-8(12-7)9(13)10(14)11(2,3)4/h7-9,12H,5-6H2,1-4H3. The molecule has 2 aliphatic rings. The van der Waals surface area contributed by atoms with Gasteiger partial charge in [0.1, 0.15) is 0 Å². The van der Waals surface area contributed by atoms with Gasteiger partial charge in [-0.15, -0.1) is 0 Å². The molecule has 0 bridgehead atoms. The monoisotopic (exact) mass is 196 g/mol. The van der Waals surface area contributed by atoms with E-state index in [-0.39, 0.29) is 11.5 Å². The fraction of sp³-hybridized carbons (Fsp3) is 0.909. The van der Waals surface area contributed by atoms with E-state index < -0.39 is 0 Å². The van der Waals surface area contributed by atoms with Crippen molar-refractivity contribution in [1.82, 2.24) is 10.2 Å². The number of hydrogen-bond donors (Lipinski definition) is 1. The molecule has 2 aliphatic heterocycles. The summed E-state index contributed by atoms with van der Waals surface area (Å²) in [5, 5.41) is 3.37. The number of hydrogen-bond acceptors (Lipinski definition) is 3. The van der Waals surface area contributed by atoms with Crippen LogP contribution in [0.1, 0.15) is 27.7 Å². The van der Waals surface area contributed by atoms with Gasteiger partial charge < -0.3 is 5.32 Å². The van der Waals surface area contributed by atoms with Gasteiger partial charge in [0.25, 0.3) is 0 Å². The van der Waals surface area contributed by atoms with Crippen molar-refractivity contribution < 1.29 is 4.79 Å². The zero-order chi connectivity index (χ0) is 10.5. The number of Topliss-reactive ketones (excluding diaryl/α,β-unsaturated/α-hetero) is 1. The van der Waals surface area contributed by atoms with Crippen molar-refractivity contribution in [3.8, 4) is 0 Å². The SMILES string of the molecule is CCN1CC2NC2C1C(=O)C(C)(C)C. The molecule has 0 radical (unpaired) electrons. The predicted molar refractivity (Wildman–Crippen MR) is 56.2 cm³/mol. The lowest BCUT2D eigenvalue weighted by Crippen LogP contribution is -2.47. The average molecular weight is 196 g/mol. The lowest BCUT2D eigenvalue weighted by Gasteiger charge is -2.29. The minimum absolute atomic E-state index is 0.130. The first-order valence-electron chi connectivity index (χ1n) is 5.49. The molecular weight excluding hydrogens is 176 g/mol. The Labute approximate surface area is 85.8 Å². The van der Waals surface area contributed by atoms with Crippen LogP contribution < -0.4 is 5.32 Å². The van der Waals surface area contributed by atoms with Crippen LogP contribution in [0.2, 0.25) is 0 Å². The minimum atomic E-state index is -0.211.